The molecule has 34 heavy (non-hydrogen) atoms. The third-order valence-electron chi connectivity index (χ3n) is 6.76. The summed E-state index contributed by atoms with van der Waals surface area (Å²) in [4.78, 5) is 30.2. The van der Waals surface area contributed by atoms with Crippen LogP contribution in [0.1, 0.15) is 96.7 Å². The first-order chi connectivity index (χ1) is 16.1. The van der Waals surface area contributed by atoms with Crippen LogP contribution in [0.2, 0.25) is 0 Å². The van der Waals surface area contributed by atoms with Crippen LogP contribution in [0.4, 0.5) is 0 Å². The van der Waals surface area contributed by atoms with E-state index in [9.17, 15) is 19.8 Å². The molecule has 7 heteroatoms. The summed E-state index contributed by atoms with van der Waals surface area (Å²) in [5, 5.41) is 22.3. The lowest BCUT2D eigenvalue weighted by Gasteiger charge is -2.29. The van der Waals surface area contributed by atoms with E-state index >= 15 is 0 Å². The molecule has 0 fully saturated rings. The van der Waals surface area contributed by atoms with Crippen molar-refractivity contribution < 1.29 is 24.5 Å². The molecular weight excluding hydrogens is 450 g/mol. The first-order valence-corrected chi connectivity index (χ1v) is 13.3. The fraction of sp³-hybridized carbons (Fsp3) is 0.667. The monoisotopic (exact) mass is 491 g/mol. The summed E-state index contributed by atoms with van der Waals surface area (Å²) in [5.74, 6) is -0.798. The Morgan fingerprint density at radius 3 is 2.71 bits per heavy atom. The zero-order valence-corrected chi connectivity index (χ0v) is 22.1. The molecular formula is C27H41NO5S. The van der Waals surface area contributed by atoms with Crippen LogP contribution < -0.4 is 0 Å². The highest BCUT2D eigenvalue weighted by Crippen LogP contribution is 2.31. The van der Waals surface area contributed by atoms with Crippen LogP contribution >= 0.6 is 11.3 Å². The molecule has 1 aromatic rings. The van der Waals surface area contributed by atoms with Gasteiger partial charge >= 0.3 is 5.97 Å². The molecule has 0 aromatic carbocycles. The Bertz CT molecular complexity index is 885. The molecule has 0 bridgehead atoms. The number of aliphatic hydroxyl groups is 2. The van der Waals surface area contributed by atoms with E-state index in [2.05, 4.69) is 18.0 Å². The predicted octanol–water partition coefficient (Wildman–Crippen LogP) is 5.62. The number of allylic oxidation sites excluding steroid dienone is 1. The van der Waals surface area contributed by atoms with E-state index in [1.54, 1.807) is 6.92 Å². The number of aromatic nitrogens is 1. The fourth-order valence-corrected chi connectivity index (χ4v) is 4.91. The van der Waals surface area contributed by atoms with Gasteiger partial charge in [-0.2, -0.15) is 0 Å². The van der Waals surface area contributed by atoms with Gasteiger partial charge in [0.15, 0.2) is 0 Å². The van der Waals surface area contributed by atoms with Crippen molar-refractivity contribution in [3.63, 3.8) is 0 Å². The lowest BCUT2D eigenvalue weighted by Crippen LogP contribution is -2.36. The maximum absolute atomic E-state index is 13.0. The number of cyclic esters (lactones) is 1. The van der Waals surface area contributed by atoms with Gasteiger partial charge in [0, 0.05) is 29.6 Å². The van der Waals surface area contributed by atoms with E-state index in [4.69, 9.17) is 4.74 Å². The minimum Gasteiger partial charge on any atom is -0.457 e. The van der Waals surface area contributed by atoms with E-state index in [1.165, 1.54) is 16.9 Å². The molecule has 0 spiro atoms. The second-order valence-corrected chi connectivity index (χ2v) is 10.9. The van der Waals surface area contributed by atoms with Crippen molar-refractivity contribution in [1.29, 1.82) is 0 Å². The summed E-state index contributed by atoms with van der Waals surface area (Å²) in [6.45, 7) is 9.43. The van der Waals surface area contributed by atoms with Gasteiger partial charge < -0.3 is 14.9 Å². The molecule has 3 atom stereocenters. The summed E-state index contributed by atoms with van der Waals surface area (Å²) in [6.07, 6.45) is 8.35. The molecule has 6 nitrogen and oxygen atoms in total. The SMILES string of the molecule is CC/C1=C\CCCCC(O)[C@@H](C)C(=O)C(C)(C)CCC(=O)OC(/C(C)=C/c2csc(CO)n2)C1. The number of rotatable bonds is 4. The van der Waals surface area contributed by atoms with Gasteiger partial charge in [-0.25, -0.2) is 4.98 Å². The van der Waals surface area contributed by atoms with Crippen LogP contribution in [0.3, 0.4) is 0 Å². The Labute approximate surface area is 208 Å². The number of carbonyl (C=O) groups is 2. The maximum Gasteiger partial charge on any atom is 0.306 e. The summed E-state index contributed by atoms with van der Waals surface area (Å²) >= 11 is 1.40. The number of hydrogen-bond acceptors (Lipinski definition) is 7. The normalized spacial score (nSPS) is 27.7. The van der Waals surface area contributed by atoms with E-state index < -0.39 is 23.5 Å². The van der Waals surface area contributed by atoms with Gasteiger partial charge in [-0.05, 0) is 50.7 Å². The number of thiazole rings is 1. The van der Waals surface area contributed by atoms with Gasteiger partial charge in [0.1, 0.15) is 16.9 Å². The van der Waals surface area contributed by atoms with Gasteiger partial charge in [0.2, 0.25) is 0 Å². The van der Waals surface area contributed by atoms with Crippen molar-refractivity contribution in [1.82, 2.24) is 4.98 Å². The molecule has 0 saturated carbocycles. The molecule has 2 heterocycles. The van der Waals surface area contributed by atoms with Gasteiger partial charge in [-0.15, -0.1) is 11.3 Å². The predicted molar refractivity (Wildman–Crippen MR) is 136 cm³/mol. The third kappa shape index (κ3) is 8.43. The molecule has 1 aliphatic heterocycles. The average Bonchev–Trinajstić information content (AvgIpc) is 3.26. The Kier molecular flexibility index (Phi) is 11.1. The molecule has 0 aliphatic carbocycles. The molecule has 0 saturated heterocycles. The maximum atomic E-state index is 13.0. The average molecular weight is 492 g/mol. The number of carbonyl (C=O) groups excluding carboxylic acids is 2. The second-order valence-electron chi connectivity index (χ2n) is 10.00. The molecule has 2 unspecified atom stereocenters. The minimum absolute atomic E-state index is 0.0103. The lowest BCUT2D eigenvalue weighted by atomic mass is 9.76. The van der Waals surface area contributed by atoms with Crippen LogP contribution in [-0.2, 0) is 20.9 Å². The Morgan fingerprint density at radius 1 is 1.32 bits per heavy atom. The topological polar surface area (TPSA) is 96.7 Å². The van der Waals surface area contributed by atoms with Crippen molar-refractivity contribution >= 4 is 29.2 Å². The number of esters is 1. The van der Waals surface area contributed by atoms with Crippen molar-refractivity contribution in [3.8, 4) is 0 Å². The summed E-state index contributed by atoms with van der Waals surface area (Å²) < 4.78 is 5.94. The van der Waals surface area contributed by atoms with Crippen LogP contribution in [-0.4, -0.2) is 39.2 Å². The van der Waals surface area contributed by atoms with Gasteiger partial charge in [0.05, 0.1) is 18.4 Å². The molecule has 0 radical (unpaired) electrons. The third-order valence-corrected chi connectivity index (χ3v) is 7.61. The highest BCUT2D eigenvalue weighted by molar-refractivity contribution is 7.09. The molecule has 1 aliphatic rings. The quantitative estimate of drug-likeness (QED) is 0.419. The van der Waals surface area contributed by atoms with E-state index in [1.807, 2.05) is 32.2 Å². The lowest BCUT2D eigenvalue weighted by molar-refractivity contribution is -0.148. The highest BCUT2D eigenvalue weighted by Gasteiger charge is 2.35. The minimum atomic E-state index is -0.716. The summed E-state index contributed by atoms with van der Waals surface area (Å²) in [7, 11) is 0. The van der Waals surface area contributed by atoms with Gasteiger partial charge in [-0.1, -0.05) is 45.8 Å². The van der Waals surface area contributed by atoms with Crippen LogP contribution in [0.15, 0.2) is 22.6 Å². The van der Waals surface area contributed by atoms with Crippen LogP contribution in [0.25, 0.3) is 6.08 Å². The fourth-order valence-electron chi connectivity index (χ4n) is 4.30. The van der Waals surface area contributed by atoms with Crippen molar-refractivity contribution in [3.05, 3.63) is 33.3 Å². The summed E-state index contributed by atoms with van der Waals surface area (Å²) in [5.41, 5.74) is 2.16. The van der Waals surface area contributed by atoms with E-state index in [-0.39, 0.29) is 24.8 Å². The highest BCUT2D eigenvalue weighted by atomic mass is 32.1. The first kappa shape index (κ1) is 28.4. The van der Waals surface area contributed by atoms with Crippen molar-refractivity contribution in [2.75, 3.05) is 0 Å². The van der Waals surface area contributed by atoms with Crippen LogP contribution in [0.5, 0.6) is 0 Å². The summed E-state index contributed by atoms with van der Waals surface area (Å²) in [6, 6.07) is 0. The van der Waals surface area contributed by atoms with E-state index in [0.29, 0.717) is 24.3 Å². The number of nitrogens with zero attached hydrogens (tertiary/aromatic N) is 1. The van der Waals surface area contributed by atoms with Crippen molar-refractivity contribution in [2.45, 2.75) is 105 Å². The number of aliphatic hydroxyl groups excluding tert-OH is 2. The standard InChI is InChI=1S/C27H41NO5S/c1-6-20-10-8-7-9-11-22(30)19(3)26(32)27(4,5)13-12-25(31)33-23(15-20)18(2)14-21-17-34-24(16-29)28-21/h10,14,17,19,22-23,29-30H,6-9,11-13,15-16H2,1-5H3/b18-14+,20-10+/t19-,22?,23?/m1/s1. The van der Waals surface area contributed by atoms with E-state index in [0.717, 1.165) is 37.0 Å². The molecule has 2 N–H and O–H groups in total. The molecule has 1 aromatic heterocycles. The zero-order valence-electron chi connectivity index (χ0n) is 21.3. The Balaban J connectivity index is 2.28. The first-order valence-electron chi connectivity index (χ1n) is 12.4. The largest absolute Gasteiger partial charge is 0.457 e. The number of ketones is 1. The second kappa shape index (κ2) is 13.3. The number of Topliss-reactive ketones (excluding diaryl/α,β-unsaturated/α-hetero) is 1. The van der Waals surface area contributed by atoms with Crippen LogP contribution in [0, 0.1) is 11.3 Å². The molecule has 2 rings (SSSR count). The zero-order chi connectivity index (χ0) is 25.3. The Hall–Kier alpha value is -1.83. The number of ether oxygens (including phenoxy) is 1. The molecule has 190 valence electrons. The smallest absolute Gasteiger partial charge is 0.306 e. The van der Waals surface area contributed by atoms with Gasteiger partial charge in [-0.3, -0.25) is 9.59 Å². The van der Waals surface area contributed by atoms with Crippen molar-refractivity contribution in [2.24, 2.45) is 11.3 Å². The molecule has 0 amide bonds. The van der Waals surface area contributed by atoms with Gasteiger partial charge in [0.25, 0.3) is 0 Å². The number of hydrogen-bond donors (Lipinski definition) is 2. The Morgan fingerprint density at radius 2 is 2.06 bits per heavy atom.